The number of hydrogen-bond donors (Lipinski definition) is 1. The lowest BCUT2D eigenvalue weighted by Gasteiger charge is -2.18. The molecule has 0 bridgehead atoms. The molecular weight excluding hydrogens is 364 g/mol. The summed E-state index contributed by atoms with van der Waals surface area (Å²) in [6, 6.07) is 7.46. The Labute approximate surface area is 162 Å². The number of hydrogen-bond acceptors (Lipinski definition) is 5. The Bertz CT molecular complexity index is 876. The number of likely N-dealkylation sites (tertiary alicyclic amines) is 1. The number of ether oxygens (including phenoxy) is 1. The van der Waals surface area contributed by atoms with Crippen LogP contribution in [0.2, 0.25) is 0 Å². The highest BCUT2D eigenvalue weighted by Gasteiger charge is 2.41. The highest BCUT2D eigenvalue weighted by Crippen LogP contribution is 2.30. The van der Waals surface area contributed by atoms with E-state index in [0.717, 1.165) is 16.3 Å². The van der Waals surface area contributed by atoms with E-state index in [0.29, 0.717) is 25.3 Å². The summed E-state index contributed by atoms with van der Waals surface area (Å²) in [7, 11) is 0. The van der Waals surface area contributed by atoms with Crippen LogP contribution in [0, 0.1) is 12.3 Å². The molecule has 6 nitrogen and oxygen atoms in total. The van der Waals surface area contributed by atoms with Crippen molar-refractivity contribution in [3.8, 4) is 5.75 Å². The molecule has 1 aromatic heterocycles. The SMILES string of the molecule is Cc1nc(COc2cccc(C=CC(=O)N3CCC(C)(C(=O)O)C3)c2)cs1. The molecule has 1 atom stereocenters. The van der Waals surface area contributed by atoms with Gasteiger partial charge in [-0.3, -0.25) is 9.59 Å². The average Bonchev–Trinajstić information content (AvgIpc) is 3.25. The van der Waals surface area contributed by atoms with E-state index in [4.69, 9.17) is 4.74 Å². The number of benzene rings is 1. The number of aryl methyl sites for hydroxylation is 1. The van der Waals surface area contributed by atoms with Crippen molar-refractivity contribution < 1.29 is 19.4 Å². The fourth-order valence-electron chi connectivity index (χ4n) is 2.94. The van der Waals surface area contributed by atoms with Crippen LogP contribution in [0.1, 0.15) is 29.6 Å². The van der Waals surface area contributed by atoms with Crippen LogP contribution in [0.25, 0.3) is 6.08 Å². The molecule has 1 fully saturated rings. The number of carbonyl (C=O) groups is 2. The van der Waals surface area contributed by atoms with Gasteiger partial charge in [-0.15, -0.1) is 11.3 Å². The van der Waals surface area contributed by atoms with Crippen molar-refractivity contribution in [2.24, 2.45) is 5.41 Å². The van der Waals surface area contributed by atoms with Gasteiger partial charge < -0.3 is 14.7 Å². The van der Waals surface area contributed by atoms with Gasteiger partial charge in [-0.25, -0.2) is 4.98 Å². The lowest BCUT2D eigenvalue weighted by molar-refractivity contribution is -0.147. The highest BCUT2D eigenvalue weighted by molar-refractivity contribution is 7.09. The van der Waals surface area contributed by atoms with Crippen LogP contribution in [-0.2, 0) is 16.2 Å². The summed E-state index contributed by atoms with van der Waals surface area (Å²) in [5, 5.41) is 12.2. The number of amides is 1. The second kappa shape index (κ2) is 7.92. The molecule has 1 aromatic carbocycles. The first kappa shape index (κ1) is 19.1. The Balaban J connectivity index is 1.59. The van der Waals surface area contributed by atoms with E-state index in [9.17, 15) is 14.7 Å². The second-order valence-corrected chi connectivity index (χ2v) is 7.99. The zero-order chi connectivity index (χ0) is 19.4. The lowest BCUT2D eigenvalue weighted by Crippen LogP contribution is -2.34. The van der Waals surface area contributed by atoms with E-state index in [1.807, 2.05) is 36.6 Å². The van der Waals surface area contributed by atoms with Gasteiger partial charge >= 0.3 is 5.97 Å². The van der Waals surface area contributed by atoms with Crippen molar-refractivity contribution in [3.63, 3.8) is 0 Å². The van der Waals surface area contributed by atoms with Gasteiger partial charge in [-0.05, 0) is 44.0 Å². The predicted molar refractivity (Wildman–Crippen MR) is 104 cm³/mol. The van der Waals surface area contributed by atoms with E-state index in [1.54, 1.807) is 29.2 Å². The van der Waals surface area contributed by atoms with Crippen LogP contribution in [0.4, 0.5) is 0 Å². The zero-order valence-corrected chi connectivity index (χ0v) is 16.2. The monoisotopic (exact) mass is 386 g/mol. The Kier molecular flexibility index (Phi) is 5.60. The first-order valence-corrected chi connectivity index (χ1v) is 9.58. The van der Waals surface area contributed by atoms with Crippen LogP contribution in [0.5, 0.6) is 5.75 Å². The van der Waals surface area contributed by atoms with Crippen molar-refractivity contribution in [1.82, 2.24) is 9.88 Å². The van der Waals surface area contributed by atoms with Gasteiger partial charge in [0.1, 0.15) is 12.4 Å². The fourth-order valence-corrected chi connectivity index (χ4v) is 3.53. The molecule has 7 heteroatoms. The number of carboxylic acids is 1. The molecule has 1 amide bonds. The van der Waals surface area contributed by atoms with Crippen molar-refractivity contribution in [2.45, 2.75) is 26.9 Å². The fraction of sp³-hybridized carbons (Fsp3) is 0.350. The third-order valence-corrected chi connectivity index (χ3v) is 5.45. The van der Waals surface area contributed by atoms with Gasteiger partial charge in [0, 0.05) is 24.5 Å². The number of rotatable bonds is 6. The van der Waals surface area contributed by atoms with Gasteiger partial charge in [0.25, 0.3) is 0 Å². The third kappa shape index (κ3) is 4.74. The van der Waals surface area contributed by atoms with Gasteiger partial charge in [0.05, 0.1) is 16.1 Å². The number of thiazole rings is 1. The molecule has 1 N–H and O–H groups in total. The largest absolute Gasteiger partial charge is 0.487 e. The normalized spacial score (nSPS) is 19.6. The average molecular weight is 386 g/mol. The van der Waals surface area contributed by atoms with Crippen molar-refractivity contribution in [1.29, 1.82) is 0 Å². The van der Waals surface area contributed by atoms with Crippen LogP contribution < -0.4 is 4.74 Å². The number of nitrogens with zero attached hydrogens (tertiary/aromatic N) is 2. The molecule has 3 rings (SSSR count). The maximum absolute atomic E-state index is 12.3. The smallest absolute Gasteiger partial charge is 0.311 e. The standard InChI is InChI=1S/C20H22N2O4S/c1-14-21-16(12-27-14)11-26-17-5-3-4-15(10-17)6-7-18(23)22-9-8-20(2,13-22)19(24)25/h3-7,10,12H,8-9,11,13H2,1-2H3,(H,24,25). The summed E-state index contributed by atoms with van der Waals surface area (Å²) in [4.78, 5) is 29.6. The Morgan fingerprint density at radius 1 is 1.44 bits per heavy atom. The number of carboxylic acid groups (broad SMARTS) is 1. The number of carbonyl (C=O) groups excluding carboxylic acids is 1. The molecule has 0 spiro atoms. The van der Waals surface area contributed by atoms with E-state index in [-0.39, 0.29) is 12.5 Å². The maximum Gasteiger partial charge on any atom is 0.311 e. The van der Waals surface area contributed by atoms with Crippen LogP contribution in [-0.4, -0.2) is 40.0 Å². The minimum absolute atomic E-state index is 0.177. The minimum atomic E-state index is -0.859. The maximum atomic E-state index is 12.3. The molecule has 0 aliphatic carbocycles. The van der Waals surface area contributed by atoms with Gasteiger partial charge in [0.2, 0.25) is 5.91 Å². The lowest BCUT2D eigenvalue weighted by atomic mass is 9.90. The summed E-state index contributed by atoms with van der Waals surface area (Å²) >= 11 is 1.59. The molecule has 27 heavy (non-hydrogen) atoms. The predicted octanol–water partition coefficient (Wildman–Crippen LogP) is 3.37. The molecule has 2 aromatic rings. The van der Waals surface area contributed by atoms with Crippen molar-refractivity contribution in [3.05, 3.63) is 52.0 Å². The first-order chi connectivity index (χ1) is 12.9. The summed E-state index contributed by atoms with van der Waals surface area (Å²) in [5.41, 5.74) is 0.880. The Morgan fingerprint density at radius 3 is 2.93 bits per heavy atom. The zero-order valence-electron chi connectivity index (χ0n) is 15.3. The highest BCUT2D eigenvalue weighted by atomic mass is 32.1. The van der Waals surface area contributed by atoms with Crippen LogP contribution >= 0.6 is 11.3 Å². The Morgan fingerprint density at radius 2 is 2.26 bits per heavy atom. The van der Waals surface area contributed by atoms with E-state index < -0.39 is 11.4 Å². The topological polar surface area (TPSA) is 79.7 Å². The first-order valence-electron chi connectivity index (χ1n) is 8.70. The van der Waals surface area contributed by atoms with Crippen molar-refractivity contribution >= 4 is 29.3 Å². The summed E-state index contributed by atoms with van der Waals surface area (Å²) in [6.45, 7) is 4.73. The second-order valence-electron chi connectivity index (χ2n) is 6.93. The summed E-state index contributed by atoms with van der Waals surface area (Å²) in [6.07, 6.45) is 3.68. The number of aliphatic carboxylic acids is 1. The molecule has 0 saturated carbocycles. The van der Waals surface area contributed by atoms with Gasteiger partial charge in [-0.2, -0.15) is 0 Å². The van der Waals surface area contributed by atoms with Crippen LogP contribution in [0.3, 0.4) is 0 Å². The third-order valence-electron chi connectivity index (χ3n) is 4.63. The summed E-state index contributed by atoms with van der Waals surface area (Å²) < 4.78 is 5.76. The molecule has 1 aliphatic heterocycles. The van der Waals surface area contributed by atoms with E-state index in [1.165, 1.54) is 6.08 Å². The van der Waals surface area contributed by atoms with E-state index >= 15 is 0 Å². The molecule has 1 unspecified atom stereocenters. The number of aromatic nitrogens is 1. The van der Waals surface area contributed by atoms with Crippen molar-refractivity contribution in [2.75, 3.05) is 13.1 Å². The molecule has 142 valence electrons. The van der Waals surface area contributed by atoms with Crippen LogP contribution in [0.15, 0.2) is 35.7 Å². The quantitative estimate of drug-likeness (QED) is 0.770. The molecule has 0 radical (unpaired) electrons. The molecular formula is C20H22N2O4S. The van der Waals surface area contributed by atoms with Gasteiger partial charge in [-0.1, -0.05) is 12.1 Å². The Hall–Kier alpha value is -2.67. The molecule has 2 heterocycles. The van der Waals surface area contributed by atoms with E-state index in [2.05, 4.69) is 4.98 Å². The molecule has 1 saturated heterocycles. The minimum Gasteiger partial charge on any atom is -0.487 e. The molecule has 1 aliphatic rings. The van der Waals surface area contributed by atoms with Gasteiger partial charge in [0.15, 0.2) is 0 Å². The summed E-state index contributed by atoms with van der Waals surface area (Å²) in [5.74, 6) is -0.332.